The highest BCUT2D eigenvalue weighted by atomic mass is 79.9. The van der Waals surface area contributed by atoms with E-state index in [1.807, 2.05) is 6.92 Å². The van der Waals surface area contributed by atoms with E-state index < -0.39 is 0 Å². The summed E-state index contributed by atoms with van der Waals surface area (Å²) in [7, 11) is 0. The number of carbonyl (C=O) groups is 1. The Morgan fingerprint density at radius 1 is 1.41 bits per heavy atom. The molecule has 2 heterocycles. The summed E-state index contributed by atoms with van der Waals surface area (Å²) in [5, 5.41) is 2.60. The highest BCUT2D eigenvalue weighted by Gasteiger charge is 2.11. The van der Waals surface area contributed by atoms with Gasteiger partial charge in [-0.3, -0.25) is 4.79 Å². The number of halogens is 1. The van der Waals surface area contributed by atoms with Crippen molar-refractivity contribution in [2.75, 3.05) is 5.32 Å². The number of nitrogens with one attached hydrogen (secondary N) is 1. The Hall–Kier alpha value is -1.69. The summed E-state index contributed by atoms with van der Waals surface area (Å²) in [6, 6.07) is 3.42. The Labute approximate surface area is 106 Å². The molecule has 0 saturated carbocycles. The lowest BCUT2D eigenvalue weighted by Gasteiger charge is -2.01. The molecule has 0 bridgehead atoms. The number of carbonyl (C=O) groups excluding carboxylic acids is 1. The summed E-state index contributed by atoms with van der Waals surface area (Å²) in [5.74, 6) is 1.09. The van der Waals surface area contributed by atoms with E-state index in [9.17, 15) is 4.79 Å². The average Bonchev–Trinajstić information content (AvgIpc) is 2.81. The van der Waals surface area contributed by atoms with Gasteiger partial charge in [0.2, 0.25) is 0 Å². The number of hydrogen-bond acceptors (Lipinski definition) is 4. The number of furan rings is 1. The van der Waals surface area contributed by atoms with Crippen LogP contribution in [0.25, 0.3) is 0 Å². The normalized spacial score (nSPS) is 10.2. The van der Waals surface area contributed by atoms with Gasteiger partial charge in [-0.15, -0.1) is 0 Å². The molecule has 0 fully saturated rings. The number of anilines is 1. The fourth-order valence-corrected chi connectivity index (χ4v) is 1.45. The summed E-state index contributed by atoms with van der Waals surface area (Å²) in [4.78, 5) is 19.7. The molecule has 17 heavy (non-hydrogen) atoms. The highest BCUT2D eigenvalue weighted by Crippen LogP contribution is 2.11. The van der Waals surface area contributed by atoms with Crippen LogP contribution in [0, 0.1) is 0 Å². The summed E-state index contributed by atoms with van der Waals surface area (Å²) in [6.07, 6.45) is 3.73. The second-order valence-corrected chi connectivity index (χ2v) is 4.11. The van der Waals surface area contributed by atoms with Crippen molar-refractivity contribution < 1.29 is 9.21 Å². The first kappa shape index (κ1) is 11.8. The fraction of sp³-hybridized carbons (Fsp3) is 0.182. The molecule has 0 aliphatic rings. The minimum atomic E-state index is -0.332. The molecule has 0 unspecified atom stereocenters. The highest BCUT2D eigenvalue weighted by molar-refractivity contribution is 9.10. The first-order valence-electron chi connectivity index (χ1n) is 5.06. The molecule has 0 aliphatic heterocycles. The lowest BCUT2D eigenvalue weighted by atomic mass is 10.3. The molecule has 2 rings (SSSR count). The monoisotopic (exact) mass is 295 g/mol. The summed E-state index contributed by atoms with van der Waals surface area (Å²) < 4.78 is 5.93. The molecule has 0 saturated heterocycles. The second-order valence-electron chi connectivity index (χ2n) is 3.30. The Bertz CT molecular complexity index is 522. The Kier molecular flexibility index (Phi) is 3.53. The van der Waals surface area contributed by atoms with E-state index >= 15 is 0 Å². The topological polar surface area (TPSA) is 68.0 Å². The van der Waals surface area contributed by atoms with Crippen LogP contribution in [0.5, 0.6) is 0 Å². The van der Waals surface area contributed by atoms with Crippen molar-refractivity contribution in [3.63, 3.8) is 0 Å². The molecular formula is C11H10BrN3O2. The summed E-state index contributed by atoms with van der Waals surface area (Å²) in [5.41, 5.74) is 0. The van der Waals surface area contributed by atoms with Crippen LogP contribution in [0.3, 0.4) is 0 Å². The quantitative estimate of drug-likeness (QED) is 0.945. The van der Waals surface area contributed by atoms with Crippen LogP contribution in [0.4, 0.5) is 5.82 Å². The maximum atomic E-state index is 11.7. The van der Waals surface area contributed by atoms with Gasteiger partial charge in [0.05, 0.1) is 12.4 Å². The van der Waals surface area contributed by atoms with Gasteiger partial charge in [0.1, 0.15) is 10.4 Å². The first-order chi connectivity index (χ1) is 8.19. The van der Waals surface area contributed by atoms with Gasteiger partial charge >= 0.3 is 0 Å². The molecule has 88 valence electrons. The van der Waals surface area contributed by atoms with Crippen molar-refractivity contribution >= 4 is 27.7 Å². The molecule has 0 atom stereocenters. The molecular weight excluding hydrogens is 286 g/mol. The largest absolute Gasteiger partial charge is 0.456 e. The summed E-state index contributed by atoms with van der Waals surface area (Å²) in [6.45, 7) is 1.96. The molecule has 2 aromatic rings. The molecule has 1 amide bonds. The number of aryl methyl sites for hydroxylation is 1. The van der Waals surface area contributed by atoms with Gasteiger partial charge < -0.3 is 9.73 Å². The van der Waals surface area contributed by atoms with Gasteiger partial charge in [-0.1, -0.05) is 6.92 Å². The van der Waals surface area contributed by atoms with Crippen molar-refractivity contribution in [3.05, 3.63) is 40.7 Å². The van der Waals surface area contributed by atoms with Crippen molar-refractivity contribution in [2.24, 2.45) is 0 Å². The zero-order valence-electron chi connectivity index (χ0n) is 9.11. The molecule has 1 N–H and O–H groups in total. The number of amides is 1. The predicted molar refractivity (Wildman–Crippen MR) is 65.8 cm³/mol. The predicted octanol–water partition coefficient (Wildman–Crippen LogP) is 2.65. The van der Waals surface area contributed by atoms with Crippen LogP contribution in [-0.4, -0.2) is 15.9 Å². The third-order valence-electron chi connectivity index (χ3n) is 2.10. The van der Waals surface area contributed by atoms with Crippen molar-refractivity contribution in [1.82, 2.24) is 9.97 Å². The van der Waals surface area contributed by atoms with E-state index in [1.165, 1.54) is 12.4 Å². The molecule has 0 aromatic carbocycles. The van der Waals surface area contributed by atoms with Crippen LogP contribution in [-0.2, 0) is 6.42 Å². The smallest absolute Gasteiger partial charge is 0.292 e. The minimum Gasteiger partial charge on any atom is -0.456 e. The molecule has 0 aliphatic carbocycles. The zero-order chi connectivity index (χ0) is 12.3. The van der Waals surface area contributed by atoms with Gasteiger partial charge in [0.25, 0.3) is 5.91 Å². The van der Waals surface area contributed by atoms with Gasteiger partial charge in [-0.2, -0.15) is 0 Å². The standard InChI is InChI=1S/C11H10BrN3O2/c1-2-7-3-4-8(17-7)11(16)15-10-6-13-9(12)5-14-10/h3-6H,2H2,1H3,(H,14,15,16). The van der Waals surface area contributed by atoms with Crippen molar-refractivity contribution in [1.29, 1.82) is 0 Å². The first-order valence-corrected chi connectivity index (χ1v) is 5.86. The van der Waals surface area contributed by atoms with Gasteiger partial charge in [0.15, 0.2) is 11.6 Å². The van der Waals surface area contributed by atoms with Crippen LogP contribution in [0.2, 0.25) is 0 Å². The average molecular weight is 296 g/mol. The van der Waals surface area contributed by atoms with Crippen LogP contribution >= 0.6 is 15.9 Å². The zero-order valence-corrected chi connectivity index (χ0v) is 10.7. The maximum absolute atomic E-state index is 11.7. The third-order valence-corrected chi connectivity index (χ3v) is 2.51. The SMILES string of the molecule is CCc1ccc(C(=O)Nc2cnc(Br)cn2)o1. The van der Waals surface area contributed by atoms with Gasteiger partial charge in [-0.25, -0.2) is 9.97 Å². The lowest BCUT2D eigenvalue weighted by Crippen LogP contribution is -2.12. The Morgan fingerprint density at radius 2 is 2.24 bits per heavy atom. The van der Waals surface area contributed by atoms with E-state index in [1.54, 1.807) is 12.1 Å². The van der Waals surface area contributed by atoms with Crippen molar-refractivity contribution in [3.8, 4) is 0 Å². The summed E-state index contributed by atoms with van der Waals surface area (Å²) >= 11 is 3.16. The number of nitrogens with zero attached hydrogens (tertiary/aromatic N) is 2. The Balaban J connectivity index is 2.08. The number of aromatic nitrogens is 2. The third kappa shape index (κ3) is 2.91. The minimum absolute atomic E-state index is 0.270. The van der Waals surface area contributed by atoms with Gasteiger partial charge in [-0.05, 0) is 28.1 Å². The lowest BCUT2D eigenvalue weighted by molar-refractivity contribution is 0.0994. The van der Waals surface area contributed by atoms with Crippen LogP contribution < -0.4 is 5.32 Å². The van der Waals surface area contributed by atoms with E-state index in [0.29, 0.717) is 10.4 Å². The molecule has 6 heteroatoms. The number of hydrogen-bond donors (Lipinski definition) is 1. The Morgan fingerprint density at radius 3 is 2.82 bits per heavy atom. The van der Waals surface area contributed by atoms with Crippen molar-refractivity contribution in [2.45, 2.75) is 13.3 Å². The molecule has 5 nitrogen and oxygen atoms in total. The van der Waals surface area contributed by atoms with Crippen LogP contribution in [0.1, 0.15) is 23.2 Å². The van der Waals surface area contributed by atoms with E-state index in [-0.39, 0.29) is 11.7 Å². The van der Waals surface area contributed by atoms with E-state index in [2.05, 4.69) is 31.2 Å². The maximum Gasteiger partial charge on any atom is 0.292 e. The van der Waals surface area contributed by atoms with Crippen LogP contribution in [0.15, 0.2) is 33.5 Å². The van der Waals surface area contributed by atoms with E-state index in [0.717, 1.165) is 12.2 Å². The molecule has 0 radical (unpaired) electrons. The second kappa shape index (κ2) is 5.09. The fourth-order valence-electron chi connectivity index (χ4n) is 1.24. The van der Waals surface area contributed by atoms with E-state index in [4.69, 9.17) is 4.42 Å². The molecule has 0 spiro atoms. The number of rotatable bonds is 3. The molecule has 2 aromatic heterocycles. The van der Waals surface area contributed by atoms with Gasteiger partial charge in [0, 0.05) is 6.42 Å².